The zero-order valence-electron chi connectivity index (χ0n) is 28.4. The Labute approximate surface area is 302 Å². The van der Waals surface area contributed by atoms with Gasteiger partial charge >= 0.3 is 0 Å². The van der Waals surface area contributed by atoms with Crippen LogP contribution in [0.15, 0.2) is 102 Å². The third-order valence-electron chi connectivity index (χ3n) is 9.53. The molecule has 0 atom stereocenters. The van der Waals surface area contributed by atoms with Crippen LogP contribution < -0.4 is 10.2 Å². The number of fused-ring (bicyclic) bond motifs is 2. The molecule has 0 saturated carbocycles. The first-order chi connectivity index (χ1) is 25.7. The topological polar surface area (TPSA) is 181 Å². The normalized spacial score (nSPS) is 13.2. The summed E-state index contributed by atoms with van der Waals surface area (Å²) in [6.07, 6.45) is 4.38. The molecule has 7 rings (SSSR count). The van der Waals surface area contributed by atoms with Crippen molar-refractivity contribution in [1.82, 2.24) is 9.47 Å². The number of unbranched alkanes of at least 4 members (excludes halogenated alkanes) is 1. The van der Waals surface area contributed by atoms with Crippen LogP contribution in [-0.4, -0.2) is 63.9 Å². The number of hydrogen-bond acceptors (Lipinski definition) is 10. The quantitative estimate of drug-likeness (QED) is 0.0823. The van der Waals surface area contributed by atoms with Crippen LogP contribution >= 0.6 is 0 Å². The maximum Gasteiger partial charge on any atom is 0.291 e. The van der Waals surface area contributed by atoms with Gasteiger partial charge in [0.1, 0.15) is 5.58 Å². The summed E-state index contributed by atoms with van der Waals surface area (Å²) in [5, 5.41) is 35.8. The van der Waals surface area contributed by atoms with Crippen LogP contribution in [0.25, 0.3) is 21.9 Å². The van der Waals surface area contributed by atoms with Crippen molar-refractivity contribution >= 4 is 56.4 Å². The number of piperazine rings is 1. The molecule has 2 aromatic heterocycles. The molecule has 0 radical (unpaired) electrons. The number of benzene rings is 4. The number of aryl methyl sites for hydroxylation is 1. The minimum atomic E-state index is -0.502. The molecular formula is C39H33N7O7. The SMILES string of the molecule is N#Cc1ccc2c(c1)c(CCCCN1CCN(c3ccc4oc(C(=O)Nc5ccc([N+](=O)[O-])cc5)cc4c3)CC1)cn2C(=O)c1ccc([N+](=O)[O-])cc1. The Morgan fingerprint density at radius 3 is 2.21 bits per heavy atom. The number of furan rings is 1. The number of hydrogen-bond donors (Lipinski definition) is 1. The molecule has 3 heterocycles. The second-order valence-corrected chi connectivity index (χ2v) is 12.9. The molecule has 0 spiro atoms. The molecule has 1 aliphatic heterocycles. The Balaban J connectivity index is 0.928. The Hall–Kier alpha value is -6.85. The third kappa shape index (κ3) is 7.46. The fourth-order valence-electron chi connectivity index (χ4n) is 6.68. The molecular weight excluding hydrogens is 678 g/mol. The van der Waals surface area contributed by atoms with Crippen molar-refractivity contribution in [1.29, 1.82) is 5.26 Å². The molecule has 1 amide bonds. The van der Waals surface area contributed by atoms with Crippen LogP contribution in [0, 0.1) is 31.6 Å². The summed E-state index contributed by atoms with van der Waals surface area (Å²) in [7, 11) is 0. The van der Waals surface area contributed by atoms with Crippen molar-refractivity contribution in [3.05, 3.63) is 140 Å². The van der Waals surface area contributed by atoms with Crippen molar-refractivity contribution < 1.29 is 23.9 Å². The number of rotatable bonds is 11. The molecule has 0 bridgehead atoms. The van der Waals surface area contributed by atoms with Gasteiger partial charge in [0.15, 0.2) is 5.76 Å². The van der Waals surface area contributed by atoms with Crippen LogP contribution in [0.1, 0.15) is 44.9 Å². The van der Waals surface area contributed by atoms with Crippen molar-refractivity contribution in [3.63, 3.8) is 0 Å². The molecule has 14 nitrogen and oxygen atoms in total. The van der Waals surface area contributed by atoms with Gasteiger partial charge in [0, 0.05) is 84.4 Å². The minimum Gasteiger partial charge on any atom is -0.451 e. The number of carbonyl (C=O) groups excluding carboxylic acids is 2. The average molecular weight is 712 g/mol. The molecule has 0 aliphatic carbocycles. The van der Waals surface area contributed by atoms with E-state index in [0.29, 0.717) is 27.9 Å². The smallest absolute Gasteiger partial charge is 0.291 e. The van der Waals surface area contributed by atoms with Gasteiger partial charge in [-0.15, -0.1) is 0 Å². The zero-order valence-corrected chi connectivity index (χ0v) is 28.4. The van der Waals surface area contributed by atoms with Crippen molar-refractivity contribution in [2.45, 2.75) is 19.3 Å². The van der Waals surface area contributed by atoms with Gasteiger partial charge in [-0.2, -0.15) is 5.26 Å². The number of nitro benzene ring substituents is 2. The Morgan fingerprint density at radius 2 is 1.53 bits per heavy atom. The first kappa shape index (κ1) is 34.6. The van der Waals surface area contributed by atoms with E-state index in [1.54, 1.807) is 22.8 Å². The number of non-ortho nitro benzene ring substituents is 2. The lowest BCUT2D eigenvalue weighted by atomic mass is 10.0. The van der Waals surface area contributed by atoms with E-state index in [1.807, 2.05) is 30.5 Å². The van der Waals surface area contributed by atoms with Gasteiger partial charge in [0.25, 0.3) is 23.2 Å². The van der Waals surface area contributed by atoms with Gasteiger partial charge in [-0.3, -0.25) is 39.3 Å². The van der Waals surface area contributed by atoms with Crippen molar-refractivity contribution in [2.24, 2.45) is 0 Å². The summed E-state index contributed by atoms with van der Waals surface area (Å²) in [5.74, 6) is -0.596. The fourth-order valence-corrected chi connectivity index (χ4v) is 6.68. The summed E-state index contributed by atoms with van der Waals surface area (Å²) in [5.41, 5.74) is 4.41. The highest BCUT2D eigenvalue weighted by molar-refractivity contribution is 6.05. The summed E-state index contributed by atoms with van der Waals surface area (Å²) < 4.78 is 7.35. The van der Waals surface area contributed by atoms with Gasteiger partial charge in [-0.1, -0.05) is 0 Å². The first-order valence-electron chi connectivity index (χ1n) is 17.1. The number of nitriles is 1. The predicted molar refractivity (Wildman–Crippen MR) is 198 cm³/mol. The van der Waals surface area contributed by atoms with Gasteiger partial charge in [-0.25, -0.2) is 0 Å². The maximum absolute atomic E-state index is 13.4. The Kier molecular flexibility index (Phi) is 9.65. The number of nitrogens with one attached hydrogen (secondary N) is 1. The molecule has 0 unspecified atom stereocenters. The lowest BCUT2D eigenvalue weighted by molar-refractivity contribution is -0.385. The highest BCUT2D eigenvalue weighted by Gasteiger charge is 2.21. The largest absolute Gasteiger partial charge is 0.451 e. The summed E-state index contributed by atoms with van der Waals surface area (Å²) in [6.45, 7) is 4.38. The van der Waals surface area contributed by atoms with Crippen molar-refractivity contribution in [2.75, 3.05) is 42.9 Å². The highest BCUT2D eigenvalue weighted by Crippen LogP contribution is 2.28. The van der Waals surface area contributed by atoms with E-state index in [1.165, 1.54) is 48.5 Å². The van der Waals surface area contributed by atoms with Gasteiger partial charge in [0.05, 0.1) is 27.0 Å². The summed E-state index contributed by atoms with van der Waals surface area (Å²) >= 11 is 0. The van der Waals surface area contributed by atoms with Crippen LogP contribution in [0.3, 0.4) is 0 Å². The number of anilines is 2. The van der Waals surface area contributed by atoms with Gasteiger partial charge < -0.3 is 14.6 Å². The molecule has 1 N–H and O–H groups in total. The number of nitrogens with zero attached hydrogens (tertiary/aromatic N) is 6. The Morgan fingerprint density at radius 1 is 0.830 bits per heavy atom. The zero-order chi connectivity index (χ0) is 37.1. The lowest BCUT2D eigenvalue weighted by Gasteiger charge is -2.36. The van der Waals surface area contributed by atoms with E-state index in [2.05, 4.69) is 21.2 Å². The van der Waals surface area contributed by atoms with Crippen LogP contribution in [0.5, 0.6) is 0 Å². The first-order valence-corrected chi connectivity index (χ1v) is 17.1. The lowest BCUT2D eigenvalue weighted by Crippen LogP contribution is -2.46. The van der Waals surface area contributed by atoms with Crippen molar-refractivity contribution in [3.8, 4) is 6.07 Å². The van der Waals surface area contributed by atoms with Gasteiger partial charge in [0.2, 0.25) is 0 Å². The second-order valence-electron chi connectivity index (χ2n) is 12.9. The molecule has 14 heteroatoms. The molecule has 4 aromatic carbocycles. The minimum absolute atomic E-state index is 0.0621. The van der Waals surface area contributed by atoms with E-state index in [4.69, 9.17) is 4.42 Å². The maximum atomic E-state index is 13.4. The number of nitro groups is 2. The molecule has 266 valence electrons. The van der Waals surface area contributed by atoms with Gasteiger partial charge in [-0.05, 0) is 98.1 Å². The van der Waals surface area contributed by atoms with E-state index < -0.39 is 15.8 Å². The molecule has 53 heavy (non-hydrogen) atoms. The third-order valence-corrected chi connectivity index (χ3v) is 9.53. The molecule has 1 aliphatic rings. The molecule has 6 aromatic rings. The summed E-state index contributed by atoms with van der Waals surface area (Å²) in [6, 6.07) is 26.1. The van der Waals surface area contributed by atoms with Crippen LogP contribution in [0.2, 0.25) is 0 Å². The molecule has 1 saturated heterocycles. The fraction of sp³-hybridized carbons (Fsp3) is 0.205. The summed E-state index contributed by atoms with van der Waals surface area (Å²) in [4.78, 5) is 51.9. The van der Waals surface area contributed by atoms with Crippen LogP contribution in [-0.2, 0) is 6.42 Å². The molecule has 1 fully saturated rings. The number of carbonyl (C=O) groups is 2. The van der Waals surface area contributed by atoms with E-state index >= 15 is 0 Å². The van der Waals surface area contributed by atoms with E-state index in [9.17, 15) is 35.1 Å². The Bertz CT molecular complexity index is 2400. The van der Waals surface area contributed by atoms with E-state index in [-0.39, 0.29) is 23.0 Å². The monoisotopic (exact) mass is 711 g/mol. The average Bonchev–Trinajstić information content (AvgIpc) is 3.78. The predicted octanol–water partition coefficient (Wildman–Crippen LogP) is 7.16. The van der Waals surface area contributed by atoms with Crippen LogP contribution in [0.4, 0.5) is 22.7 Å². The highest BCUT2D eigenvalue weighted by atomic mass is 16.6. The van der Waals surface area contributed by atoms with E-state index in [0.717, 1.165) is 74.0 Å². The number of aromatic nitrogens is 1. The second kappa shape index (κ2) is 14.8. The number of amides is 1. The standard InChI is InChI=1S/C39H33N7O7/c40-24-26-4-14-35-34(21-26)28(25-44(35)39(48)27-5-9-31(10-6-27)45(49)50)3-1-2-16-42-17-19-43(20-18-42)33-13-15-36-29(22-33)23-37(53-36)38(47)41-30-7-11-32(12-8-30)46(51)52/h4-15,21-23,25H,1-3,16-20H2,(H,41,47).